The van der Waals surface area contributed by atoms with Crippen molar-refractivity contribution in [1.29, 1.82) is 0 Å². The summed E-state index contributed by atoms with van der Waals surface area (Å²) in [4.78, 5) is 2.26. The maximum Gasteiger partial charge on any atom is 0.171 e. The van der Waals surface area contributed by atoms with Crippen LogP contribution < -0.4 is 30.3 Å². The van der Waals surface area contributed by atoms with Gasteiger partial charge < -0.3 is 23.4 Å². The van der Waals surface area contributed by atoms with Crippen LogP contribution in [-0.2, 0) is 9.98 Å². The number of ether oxygens (including phenoxy) is 2. The minimum absolute atomic E-state index is 0.715. The average molecular weight is 804 g/mol. The van der Waals surface area contributed by atoms with Crippen molar-refractivity contribution in [2.24, 2.45) is 0 Å². The van der Waals surface area contributed by atoms with E-state index in [0.29, 0.717) is 5.58 Å². The van der Waals surface area contributed by atoms with E-state index in [2.05, 4.69) is 114 Å². The molecule has 288 valence electrons. The molecule has 0 saturated heterocycles. The third-order valence-corrected chi connectivity index (χ3v) is 15.9. The summed E-state index contributed by atoms with van der Waals surface area (Å²) in [6, 6.07) is 70.6. The minimum atomic E-state index is -3.45. The Hall–Kier alpha value is -7.59. The second kappa shape index (κ2) is 12.7. The van der Waals surface area contributed by atoms with Crippen LogP contribution in [0.2, 0.25) is 0 Å². The van der Waals surface area contributed by atoms with E-state index in [9.17, 15) is 0 Å². The molecule has 6 heteroatoms. The molecular weight excluding hydrogens is 770 g/mol. The Labute approximate surface area is 352 Å². The summed E-state index contributed by atoms with van der Waals surface area (Å²) in [5.74, 6) is 3.13. The molecule has 1 spiro atoms. The number of hydrogen-bond donors (Lipinski definition) is 0. The fourth-order valence-corrected chi connectivity index (χ4v) is 13.3. The second-order valence-corrected chi connectivity index (χ2v) is 18.6. The molecule has 3 aliphatic rings. The molecule has 2 unspecified atom stereocenters. The molecule has 10 aromatic rings. The molecule has 0 radical (unpaired) electrons. The minimum Gasteiger partial charge on any atom is -0.457 e. The van der Waals surface area contributed by atoms with Crippen LogP contribution in [0.15, 0.2) is 211 Å². The molecule has 5 nitrogen and oxygen atoms in total. The van der Waals surface area contributed by atoms with Gasteiger partial charge in [-0.15, -0.1) is 0 Å². The van der Waals surface area contributed by atoms with Gasteiger partial charge in [0.15, 0.2) is 18.6 Å². The first-order valence-corrected chi connectivity index (χ1v) is 22.2. The first-order valence-electron chi connectivity index (χ1n) is 20.5. The molecule has 61 heavy (non-hydrogen) atoms. The molecule has 9 aromatic carbocycles. The number of fused-ring (bicyclic) bond motifs is 13. The smallest absolute Gasteiger partial charge is 0.171 e. The van der Waals surface area contributed by atoms with Crippen LogP contribution in [-0.4, -0.2) is 0 Å². The number of benzene rings is 9. The highest BCUT2D eigenvalue weighted by molar-refractivity contribution is 7.85. The van der Waals surface area contributed by atoms with E-state index in [-0.39, 0.29) is 0 Å². The zero-order valence-electron chi connectivity index (χ0n) is 32.7. The zero-order valence-corrected chi connectivity index (χ0v) is 33.6. The molecule has 4 heterocycles. The van der Waals surface area contributed by atoms with Crippen LogP contribution in [0.1, 0.15) is 22.3 Å². The molecule has 2 atom stereocenters. The summed E-state index contributed by atoms with van der Waals surface area (Å²) < 4.78 is 36.3. The summed E-state index contributed by atoms with van der Waals surface area (Å²) in [6.45, 7) is 0. The van der Waals surface area contributed by atoms with Crippen LogP contribution in [0.4, 0.5) is 17.1 Å². The van der Waals surface area contributed by atoms with Crippen LogP contribution in [0.25, 0.3) is 33.1 Å². The molecule has 0 fully saturated rings. The lowest BCUT2D eigenvalue weighted by atomic mass is 9.63. The van der Waals surface area contributed by atoms with E-state index in [0.717, 1.165) is 106 Å². The van der Waals surface area contributed by atoms with E-state index in [1.165, 1.54) is 0 Å². The van der Waals surface area contributed by atoms with Crippen molar-refractivity contribution in [1.82, 2.24) is 0 Å². The van der Waals surface area contributed by atoms with Crippen molar-refractivity contribution in [2.75, 3.05) is 4.90 Å². The van der Waals surface area contributed by atoms with E-state index in [1.807, 2.05) is 97.1 Å². The summed E-state index contributed by atoms with van der Waals surface area (Å²) in [5.41, 5.74) is 9.60. The molecule has 0 N–H and O–H groups in total. The summed E-state index contributed by atoms with van der Waals surface area (Å²) in [5, 5.41) is 4.38. The quantitative estimate of drug-likeness (QED) is 0.167. The molecular formula is C55H34NO4P. The van der Waals surface area contributed by atoms with Gasteiger partial charge in [0.25, 0.3) is 0 Å². The van der Waals surface area contributed by atoms with Gasteiger partial charge in [-0.25, -0.2) is 0 Å². The number of para-hydroxylation sites is 6. The van der Waals surface area contributed by atoms with Crippen molar-refractivity contribution in [3.8, 4) is 34.1 Å². The zero-order chi connectivity index (χ0) is 40.3. The Kier molecular flexibility index (Phi) is 7.14. The maximum absolute atomic E-state index is 16.5. The first-order chi connectivity index (χ1) is 30.1. The standard InChI is InChI=1S/C55H34NO4P/c57-61(38-17-2-1-3-18-38)53-28-13-6-21-43(53)55(44-33-40-39-19-4-9-24-47(39)58-51(40)34-54(44)61)41-20-5-10-25-48(41)59-52-32-36(29-30-42(52)55)35-15-14-16-37(31-35)56-45-22-7-11-26-49(45)60-50-27-12-8-23-46(50)56/h1-34H. The summed E-state index contributed by atoms with van der Waals surface area (Å²) >= 11 is 0. The van der Waals surface area contributed by atoms with E-state index in [4.69, 9.17) is 13.9 Å². The SMILES string of the molecule is O=P1(c2ccccc2)c2ccccc2C2(c3ccccc3Oc3cc(-c4cccc(N5c6ccccc6Oc6ccccc65)c4)ccc32)c2cc3c(cc21)oc1ccccc13. The highest BCUT2D eigenvalue weighted by Crippen LogP contribution is 2.62. The fraction of sp³-hybridized carbons (Fsp3) is 0.0182. The average Bonchev–Trinajstić information content (AvgIpc) is 3.69. The molecule has 0 aliphatic carbocycles. The third kappa shape index (κ3) is 4.70. The third-order valence-electron chi connectivity index (χ3n) is 12.8. The van der Waals surface area contributed by atoms with Gasteiger partial charge in [0.05, 0.1) is 16.8 Å². The van der Waals surface area contributed by atoms with Gasteiger partial charge in [-0.2, -0.15) is 0 Å². The fourth-order valence-electron chi connectivity index (χ4n) is 10.2. The van der Waals surface area contributed by atoms with Crippen LogP contribution in [0, 0.1) is 0 Å². The van der Waals surface area contributed by atoms with Crippen LogP contribution >= 0.6 is 7.14 Å². The van der Waals surface area contributed by atoms with Crippen LogP contribution in [0.5, 0.6) is 23.0 Å². The second-order valence-electron chi connectivity index (χ2n) is 15.9. The van der Waals surface area contributed by atoms with Gasteiger partial charge in [-0.3, -0.25) is 0 Å². The Morgan fingerprint density at radius 3 is 1.87 bits per heavy atom. The van der Waals surface area contributed by atoms with Crippen molar-refractivity contribution in [3.63, 3.8) is 0 Å². The largest absolute Gasteiger partial charge is 0.457 e. The van der Waals surface area contributed by atoms with Gasteiger partial charge in [-0.1, -0.05) is 140 Å². The van der Waals surface area contributed by atoms with Crippen LogP contribution in [0.3, 0.4) is 0 Å². The highest BCUT2D eigenvalue weighted by atomic mass is 31.2. The normalized spacial score (nSPS) is 17.9. The Morgan fingerprint density at radius 2 is 1.05 bits per heavy atom. The van der Waals surface area contributed by atoms with E-state index >= 15 is 4.57 Å². The van der Waals surface area contributed by atoms with Crippen molar-refractivity contribution in [2.45, 2.75) is 5.41 Å². The molecule has 13 rings (SSSR count). The van der Waals surface area contributed by atoms with Gasteiger partial charge in [0.2, 0.25) is 0 Å². The lowest BCUT2D eigenvalue weighted by Gasteiger charge is -2.47. The first kappa shape index (κ1) is 34.3. The van der Waals surface area contributed by atoms with Gasteiger partial charge >= 0.3 is 0 Å². The summed E-state index contributed by atoms with van der Waals surface area (Å²) in [6.07, 6.45) is 0. The predicted molar refractivity (Wildman–Crippen MR) is 245 cm³/mol. The number of rotatable bonds is 3. The Bertz CT molecular complexity index is 3450. The lowest BCUT2D eigenvalue weighted by molar-refractivity contribution is 0.435. The molecule has 0 amide bonds. The summed E-state index contributed by atoms with van der Waals surface area (Å²) in [7, 11) is -3.45. The maximum atomic E-state index is 16.5. The predicted octanol–water partition coefficient (Wildman–Crippen LogP) is 13.3. The lowest BCUT2D eigenvalue weighted by Crippen LogP contribution is -2.47. The van der Waals surface area contributed by atoms with Crippen molar-refractivity contribution < 1.29 is 18.5 Å². The van der Waals surface area contributed by atoms with Crippen molar-refractivity contribution >= 4 is 62.1 Å². The molecule has 1 aromatic heterocycles. The Morgan fingerprint density at radius 1 is 0.410 bits per heavy atom. The van der Waals surface area contributed by atoms with E-state index < -0.39 is 12.6 Å². The number of anilines is 3. The van der Waals surface area contributed by atoms with E-state index in [1.54, 1.807) is 0 Å². The monoisotopic (exact) mass is 803 g/mol. The molecule has 0 bridgehead atoms. The number of furan rings is 1. The highest BCUT2D eigenvalue weighted by Gasteiger charge is 2.55. The van der Waals surface area contributed by atoms with Gasteiger partial charge in [0, 0.05) is 43.5 Å². The van der Waals surface area contributed by atoms with Crippen molar-refractivity contribution in [3.05, 3.63) is 229 Å². The number of nitrogens with zero attached hydrogens (tertiary/aromatic N) is 1. The van der Waals surface area contributed by atoms with Gasteiger partial charge in [-0.05, 0) is 89.0 Å². The van der Waals surface area contributed by atoms with Gasteiger partial charge in [0.1, 0.15) is 22.7 Å². The molecule has 3 aliphatic heterocycles. The Balaban J connectivity index is 1.07. The topological polar surface area (TPSA) is 51.9 Å². The molecule has 0 saturated carbocycles. The number of hydrogen-bond acceptors (Lipinski definition) is 5.